The molecule has 3 N–H and O–H groups in total. The van der Waals surface area contributed by atoms with Crippen LogP contribution < -0.4 is 10.6 Å². The third-order valence-corrected chi connectivity index (χ3v) is 2.67. The summed E-state index contributed by atoms with van der Waals surface area (Å²) in [6.07, 6.45) is 0.646. The molecule has 108 valence electrons. The Bertz CT molecular complexity index is 396. The molecule has 0 saturated heterocycles. The summed E-state index contributed by atoms with van der Waals surface area (Å²) in [5.41, 5.74) is -0.225. The zero-order valence-corrected chi connectivity index (χ0v) is 12.2. The highest BCUT2D eigenvalue weighted by Crippen LogP contribution is 2.18. The van der Waals surface area contributed by atoms with E-state index in [1.54, 1.807) is 0 Å². The molecular formula is C13H24N4O2. The fourth-order valence-corrected chi connectivity index (χ4v) is 1.64. The third-order valence-electron chi connectivity index (χ3n) is 2.67. The minimum absolute atomic E-state index is 0.135. The van der Waals surface area contributed by atoms with E-state index < -0.39 is 0 Å². The maximum Gasteiger partial charge on any atom is 0.158 e. The van der Waals surface area contributed by atoms with Crippen molar-refractivity contribution < 1.29 is 9.84 Å². The number of aliphatic hydroxyl groups is 1. The van der Waals surface area contributed by atoms with E-state index in [0.717, 1.165) is 11.6 Å². The van der Waals surface area contributed by atoms with Crippen molar-refractivity contribution in [3.63, 3.8) is 0 Å². The van der Waals surface area contributed by atoms with Gasteiger partial charge in [-0.2, -0.15) is 0 Å². The van der Waals surface area contributed by atoms with Crippen molar-refractivity contribution >= 4 is 11.6 Å². The number of hydrogen-bond acceptors (Lipinski definition) is 6. The molecular weight excluding hydrogens is 244 g/mol. The molecule has 1 aromatic rings. The summed E-state index contributed by atoms with van der Waals surface area (Å²) < 4.78 is 5.33. The van der Waals surface area contributed by atoms with E-state index in [-0.39, 0.29) is 12.1 Å². The van der Waals surface area contributed by atoms with Crippen molar-refractivity contribution in [2.75, 3.05) is 30.9 Å². The Morgan fingerprint density at radius 1 is 1.32 bits per heavy atom. The molecule has 0 aromatic carbocycles. The van der Waals surface area contributed by atoms with Crippen LogP contribution in [0.5, 0.6) is 0 Å². The van der Waals surface area contributed by atoms with Gasteiger partial charge in [0.15, 0.2) is 5.82 Å². The van der Waals surface area contributed by atoms with Crippen LogP contribution in [0.1, 0.15) is 33.0 Å². The molecule has 0 aliphatic rings. The molecule has 0 unspecified atom stereocenters. The van der Waals surface area contributed by atoms with Gasteiger partial charge in [0.05, 0.1) is 0 Å². The number of nitrogens with one attached hydrogen (secondary N) is 2. The normalized spacial score (nSPS) is 11.4. The first-order valence-corrected chi connectivity index (χ1v) is 6.53. The van der Waals surface area contributed by atoms with Crippen molar-refractivity contribution in [2.45, 2.75) is 39.3 Å². The van der Waals surface area contributed by atoms with Gasteiger partial charge in [-0.15, -0.1) is 0 Å². The fourth-order valence-electron chi connectivity index (χ4n) is 1.64. The molecule has 1 aromatic heterocycles. The summed E-state index contributed by atoms with van der Waals surface area (Å²) in [5, 5.41) is 15.4. The average Bonchev–Trinajstić information content (AvgIpc) is 2.35. The van der Waals surface area contributed by atoms with Gasteiger partial charge in [0.1, 0.15) is 18.2 Å². The average molecular weight is 268 g/mol. The van der Waals surface area contributed by atoms with Crippen LogP contribution >= 0.6 is 0 Å². The molecule has 0 spiro atoms. The Labute approximate surface area is 114 Å². The molecule has 0 fully saturated rings. The van der Waals surface area contributed by atoms with E-state index >= 15 is 0 Å². The van der Waals surface area contributed by atoms with Crippen LogP contribution in [0.3, 0.4) is 0 Å². The van der Waals surface area contributed by atoms with E-state index in [0.29, 0.717) is 25.5 Å². The Hall–Kier alpha value is -1.40. The lowest BCUT2D eigenvalue weighted by molar-refractivity contribution is 0.128. The molecule has 6 heteroatoms. The molecule has 1 rings (SSSR count). The second kappa shape index (κ2) is 7.25. The van der Waals surface area contributed by atoms with Crippen LogP contribution in [0, 0.1) is 0 Å². The number of aromatic nitrogens is 2. The summed E-state index contributed by atoms with van der Waals surface area (Å²) >= 11 is 0. The summed E-state index contributed by atoms with van der Waals surface area (Å²) in [6, 6.07) is 1.84. The molecule has 19 heavy (non-hydrogen) atoms. The number of nitrogens with zero attached hydrogens (tertiary/aromatic N) is 2. The minimum Gasteiger partial charge on any atom is -0.396 e. The SMILES string of the molecule is CCOCc1nc(NC)cc(NC(C)(C)CCO)n1. The van der Waals surface area contributed by atoms with Crippen LogP contribution in [0.15, 0.2) is 6.07 Å². The number of rotatable bonds is 8. The van der Waals surface area contributed by atoms with Gasteiger partial charge in [0.2, 0.25) is 0 Å². The van der Waals surface area contributed by atoms with Crippen molar-refractivity contribution in [2.24, 2.45) is 0 Å². The summed E-state index contributed by atoms with van der Waals surface area (Å²) in [4.78, 5) is 8.75. The largest absolute Gasteiger partial charge is 0.396 e. The number of ether oxygens (including phenoxy) is 1. The molecule has 6 nitrogen and oxygen atoms in total. The highest BCUT2D eigenvalue weighted by Gasteiger charge is 2.18. The molecule has 0 aliphatic heterocycles. The number of anilines is 2. The molecule has 0 radical (unpaired) electrons. The fraction of sp³-hybridized carbons (Fsp3) is 0.692. The monoisotopic (exact) mass is 268 g/mol. The van der Waals surface area contributed by atoms with Gasteiger partial charge < -0.3 is 20.5 Å². The van der Waals surface area contributed by atoms with Gasteiger partial charge in [-0.05, 0) is 27.2 Å². The van der Waals surface area contributed by atoms with Crippen molar-refractivity contribution in [1.29, 1.82) is 0 Å². The van der Waals surface area contributed by atoms with E-state index in [1.807, 2.05) is 33.9 Å². The Morgan fingerprint density at radius 2 is 2.00 bits per heavy atom. The molecule has 1 heterocycles. The first kappa shape index (κ1) is 15.7. The smallest absolute Gasteiger partial charge is 0.158 e. The van der Waals surface area contributed by atoms with Gasteiger partial charge in [0, 0.05) is 31.9 Å². The van der Waals surface area contributed by atoms with Crippen molar-refractivity contribution in [1.82, 2.24) is 9.97 Å². The number of hydrogen-bond donors (Lipinski definition) is 3. The zero-order valence-electron chi connectivity index (χ0n) is 12.2. The third kappa shape index (κ3) is 5.40. The summed E-state index contributed by atoms with van der Waals surface area (Å²) in [6.45, 7) is 7.13. The Kier molecular flexibility index (Phi) is 5.98. The van der Waals surface area contributed by atoms with Crippen LogP contribution in [-0.2, 0) is 11.3 Å². The van der Waals surface area contributed by atoms with E-state index in [4.69, 9.17) is 9.84 Å². The highest BCUT2D eigenvalue weighted by molar-refractivity contribution is 5.48. The van der Waals surface area contributed by atoms with Gasteiger partial charge in [-0.25, -0.2) is 9.97 Å². The van der Waals surface area contributed by atoms with Gasteiger partial charge in [-0.3, -0.25) is 0 Å². The maximum absolute atomic E-state index is 9.05. The lowest BCUT2D eigenvalue weighted by atomic mass is 10.0. The second-order valence-electron chi connectivity index (χ2n) is 4.92. The van der Waals surface area contributed by atoms with Crippen molar-refractivity contribution in [3.8, 4) is 0 Å². The quantitative estimate of drug-likeness (QED) is 0.665. The topological polar surface area (TPSA) is 79.3 Å². The van der Waals surface area contributed by atoms with E-state index in [2.05, 4.69) is 20.6 Å². The second-order valence-corrected chi connectivity index (χ2v) is 4.92. The Balaban J connectivity index is 2.87. The summed E-state index contributed by atoms with van der Waals surface area (Å²) in [5.74, 6) is 2.11. The highest BCUT2D eigenvalue weighted by atomic mass is 16.5. The molecule has 0 saturated carbocycles. The lowest BCUT2D eigenvalue weighted by Gasteiger charge is -2.26. The van der Waals surface area contributed by atoms with Crippen molar-refractivity contribution in [3.05, 3.63) is 11.9 Å². The standard InChI is InChI=1S/C13H24N4O2/c1-5-19-9-12-15-10(14-4)8-11(16-12)17-13(2,3)6-7-18/h8,18H,5-7,9H2,1-4H3,(H2,14,15,16,17). The molecule has 0 amide bonds. The van der Waals surface area contributed by atoms with Crippen LogP contribution in [0.25, 0.3) is 0 Å². The number of aliphatic hydroxyl groups excluding tert-OH is 1. The minimum atomic E-state index is -0.225. The molecule has 0 atom stereocenters. The first-order chi connectivity index (χ1) is 9.00. The molecule has 0 bridgehead atoms. The maximum atomic E-state index is 9.05. The van der Waals surface area contributed by atoms with Crippen LogP contribution in [0.2, 0.25) is 0 Å². The van der Waals surface area contributed by atoms with Crippen LogP contribution in [0.4, 0.5) is 11.6 Å². The lowest BCUT2D eigenvalue weighted by Crippen LogP contribution is -2.32. The van der Waals surface area contributed by atoms with Gasteiger partial charge >= 0.3 is 0 Å². The van der Waals surface area contributed by atoms with Crippen LogP contribution in [-0.4, -0.2) is 40.9 Å². The predicted molar refractivity (Wildman–Crippen MR) is 76.3 cm³/mol. The van der Waals surface area contributed by atoms with Gasteiger partial charge in [0.25, 0.3) is 0 Å². The first-order valence-electron chi connectivity index (χ1n) is 6.53. The van der Waals surface area contributed by atoms with E-state index in [1.165, 1.54) is 0 Å². The Morgan fingerprint density at radius 3 is 2.58 bits per heavy atom. The van der Waals surface area contributed by atoms with E-state index in [9.17, 15) is 0 Å². The molecule has 0 aliphatic carbocycles. The zero-order chi connectivity index (χ0) is 14.3. The van der Waals surface area contributed by atoms with Gasteiger partial charge in [-0.1, -0.05) is 0 Å². The summed E-state index contributed by atoms with van der Waals surface area (Å²) in [7, 11) is 1.81. The predicted octanol–water partition coefficient (Wildman–Crippen LogP) is 1.63.